The van der Waals surface area contributed by atoms with Crippen LogP contribution >= 0.6 is 0 Å². The highest BCUT2D eigenvalue weighted by molar-refractivity contribution is 7.89. The maximum absolute atomic E-state index is 12.8. The molecule has 1 aliphatic carbocycles. The molecule has 1 saturated heterocycles. The normalized spacial score (nSPS) is 28.8. The van der Waals surface area contributed by atoms with Crippen LogP contribution < -0.4 is 5.73 Å². The Bertz CT molecular complexity index is 711. The summed E-state index contributed by atoms with van der Waals surface area (Å²) in [6.45, 7) is 0.938. The monoisotopic (exact) mass is 355 g/mol. The van der Waals surface area contributed by atoms with Crippen molar-refractivity contribution < 1.29 is 18.1 Å². The number of benzene rings is 1. The third kappa shape index (κ3) is 3.30. The average Bonchev–Trinajstić information content (AvgIpc) is 2.58. The lowest BCUT2D eigenvalue weighted by atomic mass is 9.81. The van der Waals surface area contributed by atoms with Crippen molar-refractivity contribution in [3.05, 3.63) is 34.4 Å². The second kappa shape index (κ2) is 6.40. The van der Waals surface area contributed by atoms with Crippen molar-refractivity contribution in [1.82, 2.24) is 4.31 Å². The SMILES string of the molecule is NC1CCC2(CC1)CN(S(=O)(=O)c1ccc([N+](=O)[O-])cc1)CCO2. The minimum Gasteiger partial charge on any atom is -0.372 e. The summed E-state index contributed by atoms with van der Waals surface area (Å²) in [6, 6.07) is 5.14. The lowest BCUT2D eigenvalue weighted by Gasteiger charge is -2.45. The number of sulfonamides is 1. The van der Waals surface area contributed by atoms with Crippen LogP contribution in [-0.4, -0.2) is 49.0 Å². The lowest BCUT2D eigenvalue weighted by Crippen LogP contribution is -2.55. The van der Waals surface area contributed by atoms with Gasteiger partial charge in [-0.2, -0.15) is 4.31 Å². The van der Waals surface area contributed by atoms with Gasteiger partial charge < -0.3 is 10.5 Å². The fourth-order valence-electron chi connectivity index (χ4n) is 3.37. The zero-order valence-corrected chi connectivity index (χ0v) is 14.1. The van der Waals surface area contributed by atoms with E-state index in [-0.39, 0.29) is 23.2 Å². The third-order valence-electron chi connectivity index (χ3n) is 4.84. The van der Waals surface area contributed by atoms with Gasteiger partial charge in [-0.1, -0.05) is 0 Å². The maximum atomic E-state index is 12.8. The number of nitro groups is 1. The molecule has 0 aromatic heterocycles. The van der Waals surface area contributed by atoms with E-state index in [1.54, 1.807) is 0 Å². The summed E-state index contributed by atoms with van der Waals surface area (Å²) in [5.41, 5.74) is 5.35. The van der Waals surface area contributed by atoms with E-state index >= 15 is 0 Å². The largest absolute Gasteiger partial charge is 0.372 e. The van der Waals surface area contributed by atoms with Crippen LogP contribution in [0.5, 0.6) is 0 Å². The van der Waals surface area contributed by atoms with Crippen LogP contribution in [0.2, 0.25) is 0 Å². The van der Waals surface area contributed by atoms with Gasteiger partial charge in [0.25, 0.3) is 5.69 Å². The standard InChI is InChI=1S/C15H21N3O5S/c16-12-5-7-15(8-6-12)11-17(9-10-23-15)24(21,22)14-3-1-13(2-4-14)18(19)20/h1-4,12H,5-11,16H2. The summed E-state index contributed by atoms with van der Waals surface area (Å²) in [6.07, 6.45) is 3.15. The fourth-order valence-corrected chi connectivity index (χ4v) is 4.87. The summed E-state index contributed by atoms with van der Waals surface area (Å²) in [5, 5.41) is 10.7. The molecule has 1 aromatic rings. The predicted octanol–water partition coefficient (Wildman–Crippen LogP) is 1.26. The van der Waals surface area contributed by atoms with Crippen molar-refractivity contribution in [1.29, 1.82) is 0 Å². The van der Waals surface area contributed by atoms with E-state index in [2.05, 4.69) is 0 Å². The number of hydrogen-bond acceptors (Lipinski definition) is 6. The Kier molecular flexibility index (Phi) is 4.60. The minimum absolute atomic E-state index is 0.0673. The van der Waals surface area contributed by atoms with Crippen LogP contribution in [0.25, 0.3) is 0 Å². The molecule has 0 bridgehead atoms. The molecule has 1 saturated carbocycles. The fraction of sp³-hybridized carbons (Fsp3) is 0.600. The van der Waals surface area contributed by atoms with Gasteiger partial charge >= 0.3 is 0 Å². The number of hydrogen-bond donors (Lipinski definition) is 1. The number of non-ortho nitro benzene ring substituents is 1. The van der Waals surface area contributed by atoms with Gasteiger partial charge in [-0.25, -0.2) is 8.42 Å². The molecule has 0 unspecified atom stereocenters. The van der Waals surface area contributed by atoms with Crippen LogP contribution in [0, 0.1) is 10.1 Å². The van der Waals surface area contributed by atoms with E-state index in [1.165, 1.54) is 28.6 Å². The number of nitrogens with two attached hydrogens (primary N) is 1. The van der Waals surface area contributed by atoms with Crippen molar-refractivity contribution in [3.8, 4) is 0 Å². The first-order valence-electron chi connectivity index (χ1n) is 7.97. The summed E-state index contributed by atoms with van der Waals surface area (Å²) >= 11 is 0. The van der Waals surface area contributed by atoms with Crippen molar-refractivity contribution in [2.45, 2.75) is 42.2 Å². The molecule has 0 radical (unpaired) electrons. The van der Waals surface area contributed by atoms with E-state index in [9.17, 15) is 18.5 Å². The molecule has 1 aromatic carbocycles. The van der Waals surface area contributed by atoms with Crippen molar-refractivity contribution in [3.63, 3.8) is 0 Å². The van der Waals surface area contributed by atoms with Gasteiger partial charge in [0.15, 0.2) is 0 Å². The number of rotatable bonds is 3. The molecule has 2 fully saturated rings. The molecule has 2 N–H and O–H groups in total. The molecule has 1 spiro atoms. The Morgan fingerprint density at radius 3 is 2.46 bits per heavy atom. The smallest absolute Gasteiger partial charge is 0.269 e. The summed E-state index contributed by atoms with van der Waals surface area (Å²) < 4.78 is 33.0. The first kappa shape index (κ1) is 17.3. The highest BCUT2D eigenvalue weighted by Gasteiger charge is 2.43. The van der Waals surface area contributed by atoms with Crippen LogP contribution in [0.3, 0.4) is 0 Å². The maximum Gasteiger partial charge on any atom is 0.269 e. The van der Waals surface area contributed by atoms with Gasteiger partial charge in [0.2, 0.25) is 10.0 Å². The average molecular weight is 355 g/mol. The van der Waals surface area contributed by atoms with E-state index < -0.39 is 20.5 Å². The van der Waals surface area contributed by atoms with Crippen molar-refractivity contribution >= 4 is 15.7 Å². The molecule has 2 aliphatic rings. The van der Waals surface area contributed by atoms with Gasteiger partial charge in [-0.05, 0) is 37.8 Å². The van der Waals surface area contributed by atoms with Gasteiger partial charge in [0.05, 0.1) is 22.0 Å². The quantitative estimate of drug-likeness (QED) is 0.644. The van der Waals surface area contributed by atoms with Gasteiger partial charge in [-0.15, -0.1) is 0 Å². The van der Waals surface area contributed by atoms with Crippen LogP contribution in [0.1, 0.15) is 25.7 Å². The van der Waals surface area contributed by atoms with Gasteiger partial charge in [-0.3, -0.25) is 10.1 Å². The minimum atomic E-state index is -3.69. The topological polar surface area (TPSA) is 116 Å². The Hall–Kier alpha value is -1.55. The van der Waals surface area contributed by atoms with Crippen LogP contribution in [0.15, 0.2) is 29.2 Å². The highest BCUT2D eigenvalue weighted by Crippen LogP contribution is 2.35. The summed E-state index contributed by atoms with van der Waals surface area (Å²) in [7, 11) is -3.69. The summed E-state index contributed by atoms with van der Waals surface area (Å²) in [5.74, 6) is 0. The summed E-state index contributed by atoms with van der Waals surface area (Å²) in [4.78, 5) is 10.2. The first-order valence-corrected chi connectivity index (χ1v) is 9.41. The van der Waals surface area contributed by atoms with Crippen molar-refractivity contribution in [2.75, 3.05) is 19.7 Å². The lowest BCUT2D eigenvalue weighted by molar-refractivity contribution is -0.384. The van der Waals surface area contributed by atoms with E-state index in [1.807, 2.05) is 0 Å². The Labute approximate surface area is 140 Å². The Balaban J connectivity index is 1.80. The zero-order valence-electron chi connectivity index (χ0n) is 13.3. The number of nitro benzene ring substituents is 1. The number of ether oxygens (including phenoxy) is 1. The van der Waals surface area contributed by atoms with Crippen molar-refractivity contribution in [2.24, 2.45) is 5.73 Å². The van der Waals surface area contributed by atoms with E-state index in [0.29, 0.717) is 13.2 Å². The van der Waals surface area contributed by atoms with Crippen LogP contribution in [-0.2, 0) is 14.8 Å². The number of nitrogens with zero attached hydrogens (tertiary/aromatic N) is 2. The molecule has 1 heterocycles. The van der Waals surface area contributed by atoms with E-state index in [4.69, 9.17) is 10.5 Å². The Morgan fingerprint density at radius 2 is 1.88 bits per heavy atom. The zero-order chi connectivity index (χ0) is 17.4. The molecule has 8 nitrogen and oxygen atoms in total. The molecule has 9 heteroatoms. The van der Waals surface area contributed by atoms with Gasteiger partial charge in [0.1, 0.15) is 0 Å². The Morgan fingerprint density at radius 1 is 1.25 bits per heavy atom. The third-order valence-corrected chi connectivity index (χ3v) is 6.70. The molecule has 24 heavy (non-hydrogen) atoms. The molecule has 132 valence electrons. The van der Waals surface area contributed by atoms with Crippen LogP contribution in [0.4, 0.5) is 5.69 Å². The molecule has 0 amide bonds. The molecular formula is C15H21N3O5S. The highest BCUT2D eigenvalue weighted by atomic mass is 32.2. The molecular weight excluding hydrogens is 334 g/mol. The molecule has 3 rings (SSSR count). The molecule has 0 atom stereocenters. The first-order chi connectivity index (χ1) is 11.3. The second-order valence-corrected chi connectivity index (χ2v) is 8.40. The van der Waals surface area contributed by atoms with Gasteiger partial charge in [0, 0.05) is 31.3 Å². The van der Waals surface area contributed by atoms with E-state index in [0.717, 1.165) is 25.7 Å². The molecule has 1 aliphatic heterocycles. The predicted molar refractivity (Wildman–Crippen MR) is 87.0 cm³/mol. The second-order valence-electron chi connectivity index (χ2n) is 6.46. The number of morpholine rings is 1.